The minimum Gasteiger partial charge on any atom is -0.491 e. The van der Waals surface area contributed by atoms with Crippen molar-refractivity contribution in [3.05, 3.63) is 28.2 Å². The lowest BCUT2D eigenvalue weighted by Crippen LogP contribution is -2.13. The van der Waals surface area contributed by atoms with Crippen LogP contribution < -0.4 is 10.5 Å². The number of ether oxygens (including phenoxy) is 2. The average molecular weight is 274 g/mol. The number of carbonyl (C=O) groups is 1. The van der Waals surface area contributed by atoms with E-state index in [-0.39, 0.29) is 0 Å². The lowest BCUT2D eigenvalue weighted by atomic mass is 10.2. The number of benzene rings is 1. The molecule has 15 heavy (non-hydrogen) atoms. The maximum Gasteiger partial charge on any atom is 0.341 e. The van der Waals surface area contributed by atoms with Crippen LogP contribution in [0.25, 0.3) is 0 Å². The summed E-state index contributed by atoms with van der Waals surface area (Å²) in [5.74, 6) is 0.0545. The van der Waals surface area contributed by atoms with Gasteiger partial charge in [0.15, 0.2) is 0 Å². The first-order chi connectivity index (χ1) is 7.19. The van der Waals surface area contributed by atoms with E-state index in [9.17, 15) is 4.79 Å². The Hall–Kier alpha value is -1.07. The maximum atomic E-state index is 11.4. The fraction of sp³-hybridized carbons (Fsp3) is 0.300. The molecule has 5 heteroatoms. The van der Waals surface area contributed by atoms with Gasteiger partial charge in [0, 0.05) is 11.0 Å². The first-order valence-electron chi connectivity index (χ1n) is 4.39. The van der Waals surface area contributed by atoms with Crippen molar-refractivity contribution in [3.8, 4) is 5.75 Å². The summed E-state index contributed by atoms with van der Waals surface area (Å²) in [6.45, 7) is 0.766. The van der Waals surface area contributed by atoms with Gasteiger partial charge in [0.05, 0.1) is 7.11 Å². The van der Waals surface area contributed by atoms with Crippen LogP contribution in [0.1, 0.15) is 10.4 Å². The normalized spacial score (nSPS) is 9.80. The molecule has 1 aromatic rings. The summed E-state index contributed by atoms with van der Waals surface area (Å²) >= 11 is 3.27. The van der Waals surface area contributed by atoms with Gasteiger partial charge in [0.2, 0.25) is 0 Å². The molecule has 0 saturated heterocycles. The van der Waals surface area contributed by atoms with E-state index in [0.29, 0.717) is 24.5 Å². The Kier molecular flexibility index (Phi) is 4.58. The SMILES string of the molecule is COC(=O)c1cc(Br)ccc1OCCN. The lowest BCUT2D eigenvalue weighted by Gasteiger charge is -2.09. The molecule has 0 bridgehead atoms. The Morgan fingerprint density at radius 2 is 2.27 bits per heavy atom. The first kappa shape index (κ1) is 12.0. The number of rotatable bonds is 4. The van der Waals surface area contributed by atoms with E-state index >= 15 is 0 Å². The molecular formula is C10H12BrNO3. The zero-order valence-electron chi connectivity index (χ0n) is 8.33. The van der Waals surface area contributed by atoms with Crippen molar-refractivity contribution in [1.82, 2.24) is 0 Å². The molecule has 0 saturated carbocycles. The van der Waals surface area contributed by atoms with Gasteiger partial charge in [0.1, 0.15) is 17.9 Å². The van der Waals surface area contributed by atoms with Crippen molar-refractivity contribution in [2.45, 2.75) is 0 Å². The van der Waals surface area contributed by atoms with Crippen molar-refractivity contribution in [2.24, 2.45) is 5.73 Å². The van der Waals surface area contributed by atoms with E-state index in [1.165, 1.54) is 7.11 Å². The minimum atomic E-state index is -0.427. The Bertz CT molecular complexity index is 355. The highest BCUT2D eigenvalue weighted by Gasteiger charge is 2.13. The largest absolute Gasteiger partial charge is 0.491 e. The summed E-state index contributed by atoms with van der Waals surface area (Å²) in [6, 6.07) is 5.14. The second-order valence-corrected chi connectivity index (χ2v) is 3.68. The van der Waals surface area contributed by atoms with Crippen LogP contribution in [-0.4, -0.2) is 26.2 Å². The van der Waals surface area contributed by atoms with Crippen LogP contribution in [0.3, 0.4) is 0 Å². The van der Waals surface area contributed by atoms with Gasteiger partial charge < -0.3 is 15.2 Å². The molecule has 0 fully saturated rings. The molecule has 0 unspecified atom stereocenters. The van der Waals surface area contributed by atoms with E-state index in [0.717, 1.165) is 4.47 Å². The smallest absolute Gasteiger partial charge is 0.341 e. The topological polar surface area (TPSA) is 61.5 Å². The predicted molar refractivity (Wildman–Crippen MR) is 60.0 cm³/mol. The molecule has 1 rings (SSSR count). The molecule has 0 aliphatic heterocycles. The minimum absolute atomic E-state index is 0.367. The second-order valence-electron chi connectivity index (χ2n) is 2.77. The van der Waals surface area contributed by atoms with Gasteiger partial charge in [-0.15, -0.1) is 0 Å². The van der Waals surface area contributed by atoms with Gasteiger partial charge in [0.25, 0.3) is 0 Å². The molecule has 1 aromatic carbocycles. The van der Waals surface area contributed by atoms with Crippen molar-refractivity contribution < 1.29 is 14.3 Å². The quantitative estimate of drug-likeness (QED) is 0.847. The number of halogens is 1. The summed E-state index contributed by atoms with van der Waals surface area (Å²) in [7, 11) is 1.33. The van der Waals surface area contributed by atoms with Crippen LogP contribution in [0.2, 0.25) is 0 Å². The fourth-order valence-corrected chi connectivity index (χ4v) is 1.43. The molecule has 0 radical (unpaired) electrons. The van der Waals surface area contributed by atoms with Gasteiger partial charge in [-0.05, 0) is 18.2 Å². The number of hydrogen-bond donors (Lipinski definition) is 1. The zero-order valence-corrected chi connectivity index (χ0v) is 9.91. The molecule has 0 aliphatic rings. The molecule has 4 nitrogen and oxygen atoms in total. The Morgan fingerprint density at radius 3 is 2.87 bits per heavy atom. The monoisotopic (exact) mass is 273 g/mol. The third-order valence-corrected chi connectivity index (χ3v) is 2.22. The van der Waals surface area contributed by atoms with Crippen molar-refractivity contribution in [2.75, 3.05) is 20.3 Å². The van der Waals surface area contributed by atoms with E-state index in [2.05, 4.69) is 20.7 Å². The van der Waals surface area contributed by atoms with Gasteiger partial charge >= 0.3 is 5.97 Å². The zero-order chi connectivity index (χ0) is 11.3. The predicted octanol–water partition coefficient (Wildman–Crippen LogP) is 1.57. The number of esters is 1. The molecule has 0 spiro atoms. The molecule has 0 aromatic heterocycles. The molecule has 0 heterocycles. The highest BCUT2D eigenvalue weighted by Crippen LogP contribution is 2.23. The molecular weight excluding hydrogens is 262 g/mol. The van der Waals surface area contributed by atoms with Crippen molar-refractivity contribution >= 4 is 21.9 Å². The van der Waals surface area contributed by atoms with E-state index < -0.39 is 5.97 Å². The second kappa shape index (κ2) is 5.72. The van der Waals surface area contributed by atoms with Gasteiger partial charge in [-0.1, -0.05) is 15.9 Å². The molecule has 0 aliphatic carbocycles. The fourth-order valence-electron chi connectivity index (χ4n) is 1.07. The van der Waals surface area contributed by atoms with Crippen molar-refractivity contribution in [1.29, 1.82) is 0 Å². The van der Waals surface area contributed by atoms with Crippen LogP contribution in [0, 0.1) is 0 Å². The lowest BCUT2D eigenvalue weighted by molar-refractivity contribution is 0.0596. The Balaban J connectivity index is 2.97. The highest BCUT2D eigenvalue weighted by molar-refractivity contribution is 9.10. The summed E-state index contributed by atoms with van der Waals surface area (Å²) < 4.78 is 10.8. The van der Waals surface area contributed by atoms with Crippen LogP contribution in [0.5, 0.6) is 5.75 Å². The van der Waals surface area contributed by atoms with E-state index in [1.807, 2.05) is 0 Å². The molecule has 0 atom stereocenters. The standard InChI is InChI=1S/C10H12BrNO3/c1-14-10(13)8-6-7(11)2-3-9(8)15-5-4-12/h2-3,6H,4-5,12H2,1H3. The van der Waals surface area contributed by atoms with Crippen LogP contribution in [0.4, 0.5) is 0 Å². The first-order valence-corrected chi connectivity index (χ1v) is 5.19. The third-order valence-electron chi connectivity index (χ3n) is 1.72. The summed E-state index contributed by atoms with van der Waals surface area (Å²) in [5.41, 5.74) is 5.70. The van der Waals surface area contributed by atoms with Crippen LogP contribution in [0.15, 0.2) is 22.7 Å². The van der Waals surface area contributed by atoms with Crippen molar-refractivity contribution in [3.63, 3.8) is 0 Å². The van der Waals surface area contributed by atoms with Gasteiger partial charge in [-0.3, -0.25) is 0 Å². The van der Waals surface area contributed by atoms with Gasteiger partial charge in [-0.2, -0.15) is 0 Å². The van der Waals surface area contributed by atoms with Crippen LogP contribution >= 0.6 is 15.9 Å². The molecule has 2 N–H and O–H groups in total. The highest BCUT2D eigenvalue weighted by atomic mass is 79.9. The summed E-state index contributed by atoms with van der Waals surface area (Å²) in [6.07, 6.45) is 0. The molecule has 82 valence electrons. The summed E-state index contributed by atoms with van der Waals surface area (Å²) in [4.78, 5) is 11.4. The Labute approximate surface area is 96.5 Å². The number of carbonyl (C=O) groups excluding carboxylic acids is 1. The number of methoxy groups -OCH3 is 1. The van der Waals surface area contributed by atoms with Crippen LogP contribution in [-0.2, 0) is 4.74 Å². The Morgan fingerprint density at radius 1 is 1.53 bits per heavy atom. The number of nitrogens with two attached hydrogens (primary N) is 1. The third kappa shape index (κ3) is 3.21. The summed E-state index contributed by atoms with van der Waals surface area (Å²) in [5, 5.41) is 0. The van der Waals surface area contributed by atoms with Gasteiger partial charge in [-0.25, -0.2) is 4.79 Å². The maximum absolute atomic E-state index is 11.4. The van der Waals surface area contributed by atoms with E-state index in [1.54, 1.807) is 18.2 Å². The number of hydrogen-bond acceptors (Lipinski definition) is 4. The van der Waals surface area contributed by atoms with E-state index in [4.69, 9.17) is 10.5 Å². The average Bonchev–Trinajstić information content (AvgIpc) is 2.26. The molecule has 0 amide bonds.